The first kappa shape index (κ1) is 14.2. The molecule has 0 aromatic rings. The molecule has 1 atom stereocenters. The predicted molar refractivity (Wildman–Crippen MR) is 69.8 cm³/mol. The molecule has 0 bridgehead atoms. The lowest BCUT2D eigenvalue weighted by molar-refractivity contribution is 0.125. The fraction of sp³-hybridized carbons (Fsp3) is 1.00. The quantitative estimate of drug-likeness (QED) is 0.703. The number of nitrogens with two attached hydrogens (primary N) is 1. The van der Waals surface area contributed by atoms with E-state index in [0.29, 0.717) is 26.2 Å². The van der Waals surface area contributed by atoms with Gasteiger partial charge in [0.2, 0.25) is 10.0 Å². The second kappa shape index (κ2) is 6.29. The minimum absolute atomic E-state index is 0.0999. The molecule has 0 saturated carbocycles. The van der Waals surface area contributed by atoms with Crippen LogP contribution in [0.25, 0.3) is 0 Å². The predicted octanol–water partition coefficient (Wildman–Crippen LogP) is -0.928. The van der Waals surface area contributed by atoms with Crippen LogP contribution in [0.4, 0.5) is 0 Å². The molecule has 6 nitrogen and oxygen atoms in total. The average molecular weight is 277 g/mol. The molecule has 2 aliphatic heterocycles. The lowest BCUT2D eigenvalue weighted by Crippen LogP contribution is -2.50. The maximum atomic E-state index is 12.2. The molecule has 2 N–H and O–H groups in total. The normalized spacial score (nSPS) is 27.7. The van der Waals surface area contributed by atoms with Crippen molar-refractivity contribution in [3.63, 3.8) is 0 Å². The van der Waals surface area contributed by atoms with E-state index >= 15 is 0 Å². The largest absolute Gasteiger partial charge is 0.377 e. The maximum Gasteiger partial charge on any atom is 0.216 e. The summed E-state index contributed by atoms with van der Waals surface area (Å²) in [6.45, 7) is 4.89. The Kier molecular flexibility index (Phi) is 4.97. The molecule has 2 saturated heterocycles. The van der Waals surface area contributed by atoms with Crippen molar-refractivity contribution in [3.05, 3.63) is 0 Å². The summed E-state index contributed by atoms with van der Waals surface area (Å²) < 4.78 is 31.4. The van der Waals surface area contributed by atoms with Crippen molar-refractivity contribution in [1.29, 1.82) is 0 Å². The van der Waals surface area contributed by atoms with Gasteiger partial charge in [-0.15, -0.1) is 0 Å². The first-order valence-electron chi connectivity index (χ1n) is 6.63. The van der Waals surface area contributed by atoms with Crippen molar-refractivity contribution in [2.45, 2.75) is 18.9 Å². The average Bonchev–Trinajstić information content (AvgIpc) is 2.82. The van der Waals surface area contributed by atoms with Gasteiger partial charge in [0.15, 0.2) is 0 Å². The van der Waals surface area contributed by atoms with Gasteiger partial charge in [0, 0.05) is 45.9 Å². The Morgan fingerprint density at radius 1 is 1.22 bits per heavy atom. The van der Waals surface area contributed by atoms with Gasteiger partial charge in [-0.1, -0.05) is 0 Å². The minimum Gasteiger partial charge on any atom is -0.377 e. The number of piperazine rings is 1. The number of rotatable bonds is 5. The van der Waals surface area contributed by atoms with Crippen LogP contribution in [0.1, 0.15) is 12.8 Å². The smallest absolute Gasteiger partial charge is 0.216 e. The van der Waals surface area contributed by atoms with Gasteiger partial charge < -0.3 is 10.5 Å². The molecule has 18 heavy (non-hydrogen) atoms. The minimum atomic E-state index is -3.15. The van der Waals surface area contributed by atoms with Crippen LogP contribution in [-0.2, 0) is 14.8 Å². The molecule has 0 aliphatic carbocycles. The Morgan fingerprint density at radius 3 is 2.50 bits per heavy atom. The molecule has 7 heteroatoms. The summed E-state index contributed by atoms with van der Waals surface area (Å²) in [5, 5.41) is 0. The monoisotopic (exact) mass is 277 g/mol. The van der Waals surface area contributed by atoms with Gasteiger partial charge in [-0.25, -0.2) is 8.42 Å². The molecule has 2 heterocycles. The van der Waals surface area contributed by atoms with Gasteiger partial charge >= 0.3 is 0 Å². The van der Waals surface area contributed by atoms with Gasteiger partial charge in [-0.3, -0.25) is 4.90 Å². The van der Waals surface area contributed by atoms with E-state index in [1.165, 1.54) is 0 Å². The lowest BCUT2D eigenvalue weighted by atomic mass is 10.3. The number of hydrogen-bond acceptors (Lipinski definition) is 5. The Labute approximate surface area is 109 Å². The standard InChI is InChI=1S/C11H23N3O3S/c12-3-4-13-5-7-14(8-6-13)18(15,16)10-11-2-1-9-17-11/h11H,1-10,12H2. The third-order valence-corrected chi connectivity index (χ3v) is 5.54. The molecular weight excluding hydrogens is 254 g/mol. The summed E-state index contributed by atoms with van der Waals surface area (Å²) in [5.74, 6) is 0.143. The molecular formula is C11H23N3O3S. The van der Waals surface area contributed by atoms with Gasteiger partial charge in [0.1, 0.15) is 0 Å². The molecule has 2 fully saturated rings. The molecule has 0 radical (unpaired) electrons. The summed E-state index contributed by atoms with van der Waals surface area (Å²) in [6, 6.07) is 0. The third-order valence-electron chi connectivity index (χ3n) is 3.59. The van der Waals surface area contributed by atoms with Crippen molar-refractivity contribution in [1.82, 2.24) is 9.21 Å². The van der Waals surface area contributed by atoms with Gasteiger partial charge in [-0.05, 0) is 12.8 Å². The summed E-state index contributed by atoms with van der Waals surface area (Å²) in [6.07, 6.45) is 1.74. The fourth-order valence-corrected chi connectivity index (χ4v) is 4.19. The Balaban J connectivity index is 1.83. The zero-order valence-corrected chi connectivity index (χ0v) is 11.6. The zero-order valence-electron chi connectivity index (χ0n) is 10.8. The molecule has 1 unspecified atom stereocenters. The zero-order chi connectivity index (χ0) is 13.0. The van der Waals surface area contributed by atoms with Crippen LogP contribution in [0.2, 0.25) is 0 Å². The molecule has 106 valence electrons. The second-order valence-electron chi connectivity index (χ2n) is 4.94. The highest BCUT2D eigenvalue weighted by Gasteiger charge is 2.30. The summed E-state index contributed by atoms with van der Waals surface area (Å²) in [5.41, 5.74) is 5.50. The van der Waals surface area contributed by atoms with E-state index in [1.54, 1.807) is 4.31 Å². The summed E-state index contributed by atoms with van der Waals surface area (Å²) in [4.78, 5) is 2.21. The highest BCUT2D eigenvalue weighted by Crippen LogP contribution is 2.17. The number of sulfonamides is 1. The number of nitrogens with zero attached hydrogens (tertiary/aromatic N) is 2. The van der Waals surface area contributed by atoms with Crippen LogP contribution in [0.15, 0.2) is 0 Å². The van der Waals surface area contributed by atoms with E-state index in [1.807, 2.05) is 0 Å². The van der Waals surface area contributed by atoms with Crippen LogP contribution >= 0.6 is 0 Å². The fourth-order valence-electron chi connectivity index (χ4n) is 2.53. The molecule has 2 aliphatic rings. The van der Waals surface area contributed by atoms with Crippen molar-refractivity contribution >= 4 is 10.0 Å². The van der Waals surface area contributed by atoms with Crippen LogP contribution < -0.4 is 5.73 Å². The van der Waals surface area contributed by atoms with E-state index in [4.69, 9.17) is 10.5 Å². The SMILES string of the molecule is NCCN1CCN(S(=O)(=O)CC2CCCO2)CC1. The molecule has 0 aromatic heterocycles. The van der Waals surface area contributed by atoms with Crippen LogP contribution in [0.3, 0.4) is 0 Å². The lowest BCUT2D eigenvalue weighted by Gasteiger charge is -2.34. The maximum absolute atomic E-state index is 12.2. The van der Waals surface area contributed by atoms with Crippen molar-refractivity contribution in [2.75, 3.05) is 51.6 Å². The highest BCUT2D eigenvalue weighted by molar-refractivity contribution is 7.89. The van der Waals surface area contributed by atoms with E-state index < -0.39 is 10.0 Å². The van der Waals surface area contributed by atoms with E-state index in [9.17, 15) is 8.42 Å². The van der Waals surface area contributed by atoms with Crippen LogP contribution in [0.5, 0.6) is 0 Å². The van der Waals surface area contributed by atoms with Gasteiger partial charge in [-0.2, -0.15) is 4.31 Å². The summed E-state index contributed by atoms with van der Waals surface area (Å²) >= 11 is 0. The van der Waals surface area contributed by atoms with Crippen molar-refractivity contribution in [3.8, 4) is 0 Å². The first-order chi connectivity index (χ1) is 8.62. The molecule has 0 spiro atoms. The molecule has 0 amide bonds. The molecule has 0 aromatic carbocycles. The highest BCUT2D eigenvalue weighted by atomic mass is 32.2. The Morgan fingerprint density at radius 2 is 1.94 bits per heavy atom. The topological polar surface area (TPSA) is 75.9 Å². The van der Waals surface area contributed by atoms with E-state index in [0.717, 1.165) is 32.5 Å². The third kappa shape index (κ3) is 3.64. The number of hydrogen-bond donors (Lipinski definition) is 1. The Hall–Kier alpha value is -0.210. The van der Waals surface area contributed by atoms with Crippen LogP contribution in [-0.4, -0.2) is 75.4 Å². The van der Waals surface area contributed by atoms with Gasteiger partial charge in [0.05, 0.1) is 11.9 Å². The number of ether oxygens (including phenoxy) is 1. The van der Waals surface area contributed by atoms with E-state index in [2.05, 4.69) is 4.90 Å². The molecule has 2 rings (SSSR count). The van der Waals surface area contributed by atoms with Crippen molar-refractivity contribution in [2.24, 2.45) is 5.73 Å². The van der Waals surface area contributed by atoms with Crippen LogP contribution in [0, 0.1) is 0 Å². The first-order valence-corrected chi connectivity index (χ1v) is 8.24. The second-order valence-corrected chi connectivity index (χ2v) is 6.96. The Bertz CT molecular complexity index is 347. The summed E-state index contributed by atoms with van der Waals surface area (Å²) in [7, 11) is -3.15. The van der Waals surface area contributed by atoms with Crippen molar-refractivity contribution < 1.29 is 13.2 Å². The van der Waals surface area contributed by atoms with E-state index in [-0.39, 0.29) is 11.9 Å². The van der Waals surface area contributed by atoms with Gasteiger partial charge in [0.25, 0.3) is 0 Å².